The molecule has 1 amide bonds. The van der Waals surface area contributed by atoms with Gasteiger partial charge >= 0.3 is 0 Å². The van der Waals surface area contributed by atoms with Crippen LogP contribution in [0.4, 0.5) is 0 Å². The molecule has 162 valence electrons. The van der Waals surface area contributed by atoms with Crippen LogP contribution in [0, 0.1) is 34.5 Å². The fourth-order valence-electron chi connectivity index (χ4n) is 7.19. The number of fused-ring (bicyclic) bond motifs is 5. The number of nitrogens with one attached hydrogen (secondary N) is 1. The maximum Gasteiger partial charge on any atom is 0.253 e. The van der Waals surface area contributed by atoms with Crippen LogP contribution in [0.15, 0.2) is 36.0 Å². The molecule has 6 atom stereocenters. The van der Waals surface area contributed by atoms with Crippen molar-refractivity contribution in [1.82, 2.24) is 4.72 Å². The average molecular weight is 426 g/mol. The summed E-state index contributed by atoms with van der Waals surface area (Å²) >= 11 is 1.59. The third-order valence-corrected chi connectivity index (χ3v) is 10.4. The molecule has 0 aromatic carbocycles. The monoisotopic (exact) mass is 425 g/mol. The van der Waals surface area contributed by atoms with E-state index in [9.17, 15) is 9.59 Å². The summed E-state index contributed by atoms with van der Waals surface area (Å²) < 4.78 is 2.96. The normalized spacial score (nSPS) is 42.5. The first-order valence-electron chi connectivity index (χ1n) is 12.0. The number of allylic oxidation sites excluding steroid dienone is 5. The second-order valence-corrected chi connectivity index (χ2v) is 12.0. The van der Waals surface area contributed by atoms with Crippen LogP contribution in [0.1, 0.15) is 71.6 Å². The van der Waals surface area contributed by atoms with Gasteiger partial charge in [0.1, 0.15) is 0 Å². The maximum atomic E-state index is 12.0. The van der Waals surface area contributed by atoms with Gasteiger partial charge in [-0.1, -0.05) is 32.1 Å². The number of hydrogen-bond acceptors (Lipinski definition) is 3. The molecule has 0 saturated heterocycles. The molecule has 1 N–H and O–H groups in total. The van der Waals surface area contributed by atoms with Crippen molar-refractivity contribution in [2.45, 2.75) is 76.9 Å². The highest BCUT2D eigenvalue weighted by atomic mass is 32.2. The molecule has 0 heterocycles. The minimum absolute atomic E-state index is 0.0459. The van der Waals surface area contributed by atoms with E-state index in [0.29, 0.717) is 40.6 Å². The largest absolute Gasteiger partial charge is 0.296 e. The first kappa shape index (κ1) is 20.6. The number of carbonyl (C=O) groups is 2. The fraction of sp³-hybridized carbons (Fsp3) is 0.692. The van der Waals surface area contributed by atoms with Gasteiger partial charge in [0, 0.05) is 11.7 Å². The van der Waals surface area contributed by atoms with Gasteiger partial charge in [-0.25, -0.2) is 0 Å². The molecule has 0 bridgehead atoms. The van der Waals surface area contributed by atoms with Gasteiger partial charge in [0.05, 0.1) is 0 Å². The summed E-state index contributed by atoms with van der Waals surface area (Å²) in [6.45, 7) is 4.94. The second-order valence-electron chi connectivity index (χ2n) is 10.9. The van der Waals surface area contributed by atoms with E-state index in [1.54, 1.807) is 18.0 Å². The minimum atomic E-state index is 0.0459. The van der Waals surface area contributed by atoms with Gasteiger partial charge in [-0.15, -0.1) is 0 Å². The quantitative estimate of drug-likeness (QED) is 0.448. The Morgan fingerprint density at radius 3 is 2.80 bits per heavy atom. The molecule has 4 heteroatoms. The molecule has 0 spiro atoms. The topological polar surface area (TPSA) is 46.2 Å². The van der Waals surface area contributed by atoms with Crippen LogP contribution in [-0.4, -0.2) is 16.9 Å². The molecule has 0 aromatic rings. The number of ketones is 1. The molecule has 5 unspecified atom stereocenters. The first-order chi connectivity index (χ1) is 14.4. The maximum absolute atomic E-state index is 12.0. The standard InChI is InChI=1S/C26H35NO2S/c1-25-15-13-23-21(10-6-18-16-19(28)12-14-26(18,23)2)22(25)11-7-17(25)4-3-5-24(29)27-30-20-8-9-20/h3,5-6,10,16-17,20-23H,4,7-9,11-15H2,1-2H3,(H,27,29)/b5-3+/t17?,21?,22?,23?,25-,26?/m1/s1. The van der Waals surface area contributed by atoms with Crippen LogP contribution in [0.3, 0.4) is 0 Å². The predicted octanol–water partition coefficient (Wildman–Crippen LogP) is 5.78. The summed E-state index contributed by atoms with van der Waals surface area (Å²) in [6.07, 6.45) is 20.9. The van der Waals surface area contributed by atoms with Crippen LogP contribution in [0.5, 0.6) is 0 Å². The van der Waals surface area contributed by atoms with Crippen LogP contribution >= 0.6 is 11.9 Å². The Balaban J connectivity index is 1.27. The summed E-state index contributed by atoms with van der Waals surface area (Å²) in [5.41, 5.74) is 1.84. The Labute approximate surface area is 185 Å². The van der Waals surface area contributed by atoms with Gasteiger partial charge < -0.3 is 0 Å². The molecule has 0 aromatic heterocycles. The van der Waals surface area contributed by atoms with Crippen LogP contribution < -0.4 is 4.72 Å². The summed E-state index contributed by atoms with van der Waals surface area (Å²) in [5.74, 6) is 3.09. The lowest BCUT2D eigenvalue weighted by molar-refractivity contribution is -0.116. The van der Waals surface area contributed by atoms with E-state index in [2.05, 4.69) is 36.8 Å². The molecular weight excluding hydrogens is 390 g/mol. The second kappa shape index (κ2) is 7.69. The third kappa shape index (κ3) is 3.53. The van der Waals surface area contributed by atoms with Gasteiger partial charge in [0.25, 0.3) is 5.91 Å². The van der Waals surface area contributed by atoms with Gasteiger partial charge in [0.15, 0.2) is 5.78 Å². The van der Waals surface area contributed by atoms with E-state index in [1.165, 1.54) is 44.1 Å². The first-order valence-corrected chi connectivity index (χ1v) is 12.8. The SMILES string of the molecule is CC12CCC(=O)C=C1C=CC1C2CC[C@]2(C)C(C/C=C/C(=O)NSC3CC3)CCC12. The molecule has 0 radical (unpaired) electrons. The van der Waals surface area contributed by atoms with Crippen molar-refractivity contribution in [2.24, 2.45) is 34.5 Å². The lowest BCUT2D eigenvalue weighted by atomic mass is 9.48. The van der Waals surface area contributed by atoms with Crippen molar-refractivity contribution >= 4 is 23.6 Å². The number of carbonyl (C=O) groups excluding carboxylic acids is 2. The summed E-state index contributed by atoms with van der Waals surface area (Å²) in [4.78, 5) is 24.0. The number of hydrogen-bond donors (Lipinski definition) is 1. The van der Waals surface area contributed by atoms with E-state index in [0.717, 1.165) is 18.8 Å². The Hall–Kier alpha value is -1.29. The highest BCUT2D eigenvalue weighted by Crippen LogP contribution is 2.65. The van der Waals surface area contributed by atoms with Crippen LogP contribution in [-0.2, 0) is 9.59 Å². The van der Waals surface area contributed by atoms with E-state index in [1.807, 2.05) is 6.08 Å². The molecule has 3 fully saturated rings. The molecule has 30 heavy (non-hydrogen) atoms. The molecule has 5 aliphatic rings. The van der Waals surface area contributed by atoms with Crippen molar-refractivity contribution < 1.29 is 9.59 Å². The molecule has 3 nitrogen and oxygen atoms in total. The Morgan fingerprint density at radius 2 is 2.00 bits per heavy atom. The number of amides is 1. The van der Waals surface area contributed by atoms with E-state index < -0.39 is 0 Å². The van der Waals surface area contributed by atoms with E-state index >= 15 is 0 Å². The molecule has 3 saturated carbocycles. The molecule has 0 aliphatic heterocycles. The van der Waals surface area contributed by atoms with Gasteiger partial charge in [0.2, 0.25) is 0 Å². The smallest absolute Gasteiger partial charge is 0.253 e. The van der Waals surface area contributed by atoms with Crippen molar-refractivity contribution in [2.75, 3.05) is 0 Å². The van der Waals surface area contributed by atoms with Crippen molar-refractivity contribution in [3.63, 3.8) is 0 Å². The summed E-state index contributed by atoms with van der Waals surface area (Å²) in [5, 5.41) is 0.648. The minimum Gasteiger partial charge on any atom is -0.296 e. The lowest BCUT2D eigenvalue weighted by Gasteiger charge is -2.56. The highest BCUT2D eigenvalue weighted by Gasteiger charge is 2.57. The Kier molecular flexibility index (Phi) is 5.28. The third-order valence-electron chi connectivity index (χ3n) is 9.25. The van der Waals surface area contributed by atoms with Gasteiger partial charge in [-0.2, -0.15) is 0 Å². The highest BCUT2D eigenvalue weighted by molar-refractivity contribution is 7.98. The zero-order valence-corrected chi connectivity index (χ0v) is 19.2. The Bertz CT molecular complexity index is 825. The van der Waals surface area contributed by atoms with Gasteiger partial charge in [-0.3, -0.25) is 14.3 Å². The average Bonchev–Trinajstić information content (AvgIpc) is 3.49. The van der Waals surface area contributed by atoms with Crippen molar-refractivity contribution in [1.29, 1.82) is 0 Å². The van der Waals surface area contributed by atoms with Gasteiger partial charge in [-0.05, 0) is 116 Å². The zero-order valence-electron chi connectivity index (χ0n) is 18.4. The zero-order chi connectivity index (χ0) is 20.9. The van der Waals surface area contributed by atoms with Crippen molar-refractivity contribution in [3.8, 4) is 0 Å². The molecule has 5 rings (SSSR count). The van der Waals surface area contributed by atoms with Crippen LogP contribution in [0.25, 0.3) is 0 Å². The summed E-state index contributed by atoms with van der Waals surface area (Å²) in [7, 11) is 0. The molecule has 5 aliphatic carbocycles. The van der Waals surface area contributed by atoms with Crippen molar-refractivity contribution in [3.05, 3.63) is 36.0 Å². The van der Waals surface area contributed by atoms with Crippen LogP contribution in [0.2, 0.25) is 0 Å². The fourth-order valence-corrected chi connectivity index (χ4v) is 7.92. The number of rotatable bonds is 5. The Morgan fingerprint density at radius 1 is 1.17 bits per heavy atom. The lowest BCUT2D eigenvalue weighted by Crippen LogP contribution is -2.48. The molecular formula is C26H35NO2S. The summed E-state index contributed by atoms with van der Waals surface area (Å²) in [6, 6.07) is 0. The predicted molar refractivity (Wildman–Crippen MR) is 123 cm³/mol. The van der Waals surface area contributed by atoms with E-state index in [4.69, 9.17) is 0 Å². The van der Waals surface area contributed by atoms with E-state index in [-0.39, 0.29) is 11.3 Å².